The second kappa shape index (κ2) is 7.51. The van der Waals surface area contributed by atoms with Crippen molar-refractivity contribution in [3.8, 4) is 0 Å². The number of amides is 1. The van der Waals surface area contributed by atoms with E-state index in [1.807, 2.05) is 0 Å². The first-order valence-electron chi connectivity index (χ1n) is 5.89. The van der Waals surface area contributed by atoms with Crippen LogP contribution in [0.15, 0.2) is 0 Å². The zero-order valence-electron chi connectivity index (χ0n) is 9.57. The van der Waals surface area contributed by atoms with Crippen molar-refractivity contribution in [3.05, 3.63) is 0 Å². The predicted molar refractivity (Wildman–Crippen MR) is 58.9 cm³/mol. The standard InChI is InChI=1S/C11H21N2O2/c1-2-3-4-10-15-11(14)13-8-5-6-12-7-9-13/h2-10H2,1H3. The topological polar surface area (TPSA) is 43.6 Å². The Bertz CT molecular complexity index is 177. The Morgan fingerprint density at radius 2 is 2.20 bits per heavy atom. The van der Waals surface area contributed by atoms with Gasteiger partial charge in [0, 0.05) is 26.2 Å². The van der Waals surface area contributed by atoms with Crippen molar-refractivity contribution in [1.82, 2.24) is 10.2 Å². The van der Waals surface area contributed by atoms with Gasteiger partial charge in [-0.3, -0.25) is 0 Å². The van der Waals surface area contributed by atoms with Crippen molar-refractivity contribution >= 4 is 6.09 Å². The molecule has 0 aromatic carbocycles. The van der Waals surface area contributed by atoms with E-state index in [9.17, 15) is 4.79 Å². The minimum absolute atomic E-state index is 0.164. The van der Waals surface area contributed by atoms with E-state index in [0.717, 1.165) is 45.3 Å². The third kappa shape index (κ3) is 5.02. The van der Waals surface area contributed by atoms with Crippen LogP contribution in [-0.2, 0) is 4.74 Å². The average Bonchev–Trinajstić information content (AvgIpc) is 2.52. The number of nitrogens with zero attached hydrogens (tertiary/aromatic N) is 2. The summed E-state index contributed by atoms with van der Waals surface area (Å²) in [5, 5.41) is 4.26. The van der Waals surface area contributed by atoms with Crippen LogP contribution >= 0.6 is 0 Å². The van der Waals surface area contributed by atoms with Crippen molar-refractivity contribution in [2.45, 2.75) is 32.6 Å². The number of hydrogen-bond donors (Lipinski definition) is 0. The molecular formula is C11H21N2O2. The molecule has 87 valence electrons. The fourth-order valence-electron chi connectivity index (χ4n) is 1.57. The minimum Gasteiger partial charge on any atom is -0.449 e. The van der Waals surface area contributed by atoms with Gasteiger partial charge in [0.1, 0.15) is 0 Å². The molecule has 1 fully saturated rings. The van der Waals surface area contributed by atoms with E-state index in [2.05, 4.69) is 12.2 Å². The molecule has 1 radical (unpaired) electrons. The number of hydrogen-bond acceptors (Lipinski definition) is 2. The molecule has 1 saturated heterocycles. The molecule has 1 aliphatic rings. The van der Waals surface area contributed by atoms with E-state index in [1.165, 1.54) is 0 Å². The Morgan fingerprint density at radius 3 is 3.00 bits per heavy atom. The Morgan fingerprint density at radius 1 is 1.33 bits per heavy atom. The molecule has 0 aliphatic carbocycles. The first-order chi connectivity index (χ1) is 7.34. The van der Waals surface area contributed by atoms with E-state index in [4.69, 9.17) is 4.74 Å². The molecule has 4 nitrogen and oxygen atoms in total. The van der Waals surface area contributed by atoms with Gasteiger partial charge in [-0.15, -0.1) is 0 Å². The van der Waals surface area contributed by atoms with Crippen LogP contribution in [0.3, 0.4) is 0 Å². The molecule has 1 aliphatic heterocycles. The summed E-state index contributed by atoms with van der Waals surface area (Å²) in [6.07, 6.45) is 4.05. The lowest BCUT2D eigenvalue weighted by atomic mass is 10.3. The maximum Gasteiger partial charge on any atom is 0.409 e. The molecule has 0 bridgehead atoms. The number of rotatable bonds is 4. The van der Waals surface area contributed by atoms with Crippen LogP contribution in [0.2, 0.25) is 0 Å². The lowest BCUT2D eigenvalue weighted by Gasteiger charge is -2.19. The molecule has 1 amide bonds. The van der Waals surface area contributed by atoms with Crippen LogP contribution in [0.5, 0.6) is 0 Å². The van der Waals surface area contributed by atoms with Crippen molar-refractivity contribution in [2.24, 2.45) is 0 Å². The highest BCUT2D eigenvalue weighted by Gasteiger charge is 2.16. The van der Waals surface area contributed by atoms with E-state index in [1.54, 1.807) is 4.90 Å². The Balaban J connectivity index is 2.14. The van der Waals surface area contributed by atoms with Crippen LogP contribution in [0.1, 0.15) is 32.6 Å². The Labute approximate surface area is 92.0 Å². The van der Waals surface area contributed by atoms with Gasteiger partial charge in [0.15, 0.2) is 0 Å². The maximum absolute atomic E-state index is 11.6. The lowest BCUT2D eigenvalue weighted by molar-refractivity contribution is 0.103. The van der Waals surface area contributed by atoms with Crippen molar-refractivity contribution in [1.29, 1.82) is 0 Å². The lowest BCUT2D eigenvalue weighted by Crippen LogP contribution is -2.34. The van der Waals surface area contributed by atoms with E-state index in [-0.39, 0.29) is 6.09 Å². The van der Waals surface area contributed by atoms with E-state index >= 15 is 0 Å². The Kier molecular flexibility index (Phi) is 6.16. The van der Waals surface area contributed by atoms with Crippen LogP contribution in [0.25, 0.3) is 0 Å². The van der Waals surface area contributed by atoms with Crippen LogP contribution < -0.4 is 5.32 Å². The van der Waals surface area contributed by atoms with Gasteiger partial charge in [0.05, 0.1) is 6.61 Å². The third-order valence-electron chi connectivity index (χ3n) is 2.50. The third-order valence-corrected chi connectivity index (χ3v) is 2.50. The number of carbonyl (C=O) groups is 1. The average molecular weight is 213 g/mol. The summed E-state index contributed by atoms with van der Waals surface area (Å²) in [5.41, 5.74) is 0. The predicted octanol–water partition coefficient (Wildman–Crippen LogP) is 1.62. The molecule has 0 spiro atoms. The summed E-state index contributed by atoms with van der Waals surface area (Å²) in [7, 11) is 0. The van der Waals surface area contributed by atoms with Gasteiger partial charge < -0.3 is 9.64 Å². The van der Waals surface area contributed by atoms with Gasteiger partial charge in [0.25, 0.3) is 0 Å². The number of carbonyl (C=O) groups excluding carboxylic acids is 1. The van der Waals surface area contributed by atoms with Gasteiger partial charge in [-0.25, -0.2) is 10.1 Å². The summed E-state index contributed by atoms with van der Waals surface area (Å²) in [6.45, 7) is 5.82. The quantitative estimate of drug-likeness (QED) is 0.666. The molecule has 0 N–H and O–H groups in total. The largest absolute Gasteiger partial charge is 0.449 e. The fourth-order valence-corrected chi connectivity index (χ4v) is 1.57. The van der Waals surface area contributed by atoms with Crippen LogP contribution in [0.4, 0.5) is 4.79 Å². The molecule has 0 atom stereocenters. The van der Waals surface area contributed by atoms with Gasteiger partial charge in [-0.1, -0.05) is 19.8 Å². The second-order valence-corrected chi connectivity index (χ2v) is 3.83. The van der Waals surface area contributed by atoms with E-state index in [0.29, 0.717) is 13.2 Å². The highest BCUT2D eigenvalue weighted by Crippen LogP contribution is 2.01. The van der Waals surface area contributed by atoms with Gasteiger partial charge >= 0.3 is 6.09 Å². The van der Waals surface area contributed by atoms with Gasteiger partial charge in [-0.2, -0.15) is 0 Å². The fraction of sp³-hybridized carbons (Fsp3) is 0.909. The number of unbranched alkanes of at least 4 members (excludes halogenated alkanes) is 2. The first-order valence-corrected chi connectivity index (χ1v) is 5.89. The molecule has 15 heavy (non-hydrogen) atoms. The highest BCUT2D eigenvalue weighted by molar-refractivity contribution is 5.67. The van der Waals surface area contributed by atoms with Crippen molar-refractivity contribution in [2.75, 3.05) is 32.8 Å². The van der Waals surface area contributed by atoms with Crippen LogP contribution in [-0.4, -0.2) is 43.8 Å². The first kappa shape index (κ1) is 12.3. The maximum atomic E-state index is 11.6. The van der Waals surface area contributed by atoms with Crippen LogP contribution in [0, 0.1) is 0 Å². The molecule has 1 heterocycles. The molecule has 0 saturated carbocycles. The molecule has 0 unspecified atom stereocenters. The molecule has 4 heteroatoms. The minimum atomic E-state index is -0.164. The zero-order valence-corrected chi connectivity index (χ0v) is 9.57. The van der Waals surface area contributed by atoms with Gasteiger partial charge in [-0.05, 0) is 12.8 Å². The zero-order chi connectivity index (χ0) is 10.9. The molecule has 0 aromatic heterocycles. The SMILES string of the molecule is CCCCCOC(=O)N1CCC[N]CC1. The Hall–Kier alpha value is -0.770. The molecular weight excluding hydrogens is 192 g/mol. The highest BCUT2D eigenvalue weighted by atomic mass is 16.6. The summed E-state index contributed by atoms with van der Waals surface area (Å²) in [5.74, 6) is 0. The summed E-state index contributed by atoms with van der Waals surface area (Å²) >= 11 is 0. The normalized spacial score (nSPS) is 17.3. The summed E-state index contributed by atoms with van der Waals surface area (Å²) < 4.78 is 5.18. The van der Waals surface area contributed by atoms with E-state index < -0.39 is 0 Å². The van der Waals surface area contributed by atoms with Gasteiger partial charge in [0.2, 0.25) is 0 Å². The molecule has 1 rings (SSSR count). The molecule has 0 aromatic rings. The summed E-state index contributed by atoms with van der Waals surface area (Å²) in [4.78, 5) is 13.3. The summed E-state index contributed by atoms with van der Waals surface area (Å²) in [6, 6.07) is 0. The monoisotopic (exact) mass is 213 g/mol. The van der Waals surface area contributed by atoms with Crippen molar-refractivity contribution in [3.63, 3.8) is 0 Å². The number of ether oxygens (including phenoxy) is 1. The second-order valence-electron chi connectivity index (χ2n) is 3.83. The smallest absolute Gasteiger partial charge is 0.409 e. The van der Waals surface area contributed by atoms with Crippen molar-refractivity contribution < 1.29 is 9.53 Å².